The van der Waals surface area contributed by atoms with Crippen LogP contribution in [0.15, 0.2) is 42.5 Å². The van der Waals surface area contributed by atoms with E-state index in [-0.39, 0.29) is 34.1 Å². The molecule has 124 valence electrons. The van der Waals surface area contributed by atoms with Crippen molar-refractivity contribution in [1.82, 2.24) is 0 Å². The fourth-order valence-electron chi connectivity index (χ4n) is 2.02. The van der Waals surface area contributed by atoms with E-state index in [4.69, 9.17) is 16.3 Å². The molecule has 0 heterocycles. The zero-order chi connectivity index (χ0) is 17.7. The van der Waals surface area contributed by atoms with Crippen molar-refractivity contribution in [2.24, 2.45) is 0 Å². The molecule has 1 N–H and O–H groups in total. The zero-order valence-corrected chi connectivity index (χ0v) is 13.4. The molecule has 7 nitrogen and oxygen atoms in total. The van der Waals surface area contributed by atoms with E-state index in [0.717, 1.165) is 6.07 Å². The molecule has 0 spiro atoms. The SMILES string of the molecule is CCOC(=O)c1ccccc1NC(=O)c1cc(Cl)ccc1[N+](=O)[O-]. The summed E-state index contributed by atoms with van der Waals surface area (Å²) in [4.78, 5) is 34.7. The lowest BCUT2D eigenvalue weighted by Crippen LogP contribution is -2.17. The Morgan fingerprint density at radius 3 is 2.58 bits per heavy atom. The Hall–Kier alpha value is -2.93. The van der Waals surface area contributed by atoms with Crippen molar-refractivity contribution in [3.05, 3.63) is 68.7 Å². The van der Waals surface area contributed by atoms with Crippen molar-refractivity contribution in [3.8, 4) is 0 Å². The van der Waals surface area contributed by atoms with Gasteiger partial charge >= 0.3 is 5.97 Å². The van der Waals surface area contributed by atoms with E-state index >= 15 is 0 Å². The molecule has 24 heavy (non-hydrogen) atoms. The third-order valence-electron chi connectivity index (χ3n) is 3.07. The zero-order valence-electron chi connectivity index (χ0n) is 12.6. The van der Waals surface area contributed by atoms with Crippen molar-refractivity contribution in [2.75, 3.05) is 11.9 Å². The minimum Gasteiger partial charge on any atom is -0.462 e. The van der Waals surface area contributed by atoms with E-state index < -0.39 is 16.8 Å². The number of halogens is 1. The van der Waals surface area contributed by atoms with Crippen molar-refractivity contribution in [1.29, 1.82) is 0 Å². The van der Waals surface area contributed by atoms with Gasteiger partial charge in [0.2, 0.25) is 0 Å². The molecular weight excluding hydrogens is 336 g/mol. The van der Waals surface area contributed by atoms with Crippen molar-refractivity contribution >= 4 is 34.9 Å². The average molecular weight is 349 g/mol. The largest absolute Gasteiger partial charge is 0.462 e. The smallest absolute Gasteiger partial charge is 0.340 e. The second-order valence-corrected chi connectivity index (χ2v) is 5.08. The van der Waals surface area contributed by atoms with E-state index in [1.54, 1.807) is 19.1 Å². The van der Waals surface area contributed by atoms with E-state index in [1.807, 2.05) is 0 Å². The van der Waals surface area contributed by atoms with Crippen LogP contribution in [0.3, 0.4) is 0 Å². The van der Waals surface area contributed by atoms with Gasteiger partial charge in [-0.1, -0.05) is 23.7 Å². The average Bonchev–Trinajstić information content (AvgIpc) is 2.55. The number of nitro groups is 1. The number of carbonyl (C=O) groups excluding carboxylic acids is 2. The highest BCUT2D eigenvalue weighted by atomic mass is 35.5. The Morgan fingerprint density at radius 2 is 1.92 bits per heavy atom. The first-order chi connectivity index (χ1) is 11.4. The third kappa shape index (κ3) is 3.88. The van der Waals surface area contributed by atoms with Crippen LogP contribution in [0.5, 0.6) is 0 Å². The summed E-state index contributed by atoms with van der Waals surface area (Å²) in [6.45, 7) is 1.84. The highest BCUT2D eigenvalue weighted by Crippen LogP contribution is 2.25. The molecule has 2 aromatic rings. The number of nitro benzene ring substituents is 1. The quantitative estimate of drug-likeness (QED) is 0.505. The number of anilines is 1. The maximum atomic E-state index is 12.4. The van der Waals surface area contributed by atoms with Crippen molar-refractivity contribution < 1.29 is 19.2 Å². The molecule has 0 unspecified atom stereocenters. The highest BCUT2D eigenvalue weighted by molar-refractivity contribution is 6.31. The van der Waals surface area contributed by atoms with Gasteiger partial charge in [-0.05, 0) is 31.2 Å². The van der Waals surface area contributed by atoms with Crippen molar-refractivity contribution in [3.63, 3.8) is 0 Å². The van der Waals surface area contributed by atoms with Crippen LogP contribution < -0.4 is 5.32 Å². The molecule has 2 aromatic carbocycles. The molecule has 0 aliphatic carbocycles. The molecule has 2 rings (SSSR count). The highest BCUT2D eigenvalue weighted by Gasteiger charge is 2.22. The van der Waals surface area contributed by atoms with E-state index in [2.05, 4.69) is 5.32 Å². The Morgan fingerprint density at radius 1 is 1.21 bits per heavy atom. The lowest BCUT2D eigenvalue weighted by Gasteiger charge is -2.10. The summed E-state index contributed by atoms with van der Waals surface area (Å²) < 4.78 is 4.92. The molecule has 0 bridgehead atoms. The van der Waals surface area contributed by atoms with E-state index in [9.17, 15) is 19.7 Å². The molecule has 0 saturated heterocycles. The maximum absolute atomic E-state index is 12.4. The van der Waals surface area contributed by atoms with Crippen LogP contribution >= 0.6 is 11.6 Å². The predicted octanol–water partition coefficient (Wildman–Crippen LogP) is 3.68. The van der Waals surface area contributed by atoms with Gasteiger partial charge in [-0.3, -0.25) is 14.9 Å². The summed E-state index contributed by atoms with van der Waals surface area (Å²) in [5.41, 5.74) is -0.246. The van der Waals surface area contributed by atoms with E-state index in [0.29, 0.717) is 0 Å². The van der Waals surface area contributed by atoms with E-state index in [1.165, 1.54) is 24.3 Å². The second-order valence-electron chi connectivity index (χ2n) is 4.64. The number of amides is 1. The molecular formula is C16H13ClN2O5. The van der Waals surface area contributed by atoms with Crippen LogP contribution in [-0.4, -0.2) is 23.4 Å². The summed E-state index contributed by atoms with van der Waals surface area (Å²) in [5.74, 6) is -1.35. The number of carbonyl (C=O) groups is 2. The first kappa shape index (κ1) is 17.4. The number of para-hydroxylation sites is 1. The summed E-state index contributed by atoms with van der Waals surface area (Å²) in [7, 11) is 0. The van der Waals surface area contributed by atoms with Crippen LogP contribution in [0.25, 0.3) is 0 Å². The number of benzene rings is 2. The van der Waals surface area contributed by atoms with Gasteiger partial charge in [0.1, 0.15) is 5.56 Å². The molecule has 0 saturated carbocycles. The minimum atomic E-state index is -0.749. The number of hydrogen-bond donors (Lipinski definition) is 1. The summed E-state index contributed by atoms with van der Waals surface area (Å²) in [6.07, 6.45) is 0. The van der Waals surface area contributed by atoms with Crippen LogP contribution in [0.4, 0.5) is 11.4 Å². The number of rotatable bonds is 5. The number of esters is 1. The summed E-state index contributed by atoms with van der Waals surface area (Å²) in [6, 6.07) is 9.88. The topological polar surface area (TPSA) is 98.5 Å². The first-order valence-electron chi connectivity index (χ1n) is 6.95. The molecule has 0 aromatic heterocycles. The molecule has 8 heteroatoms. The van der Waals surface area contributed by atoms with Gasteiger partial charge in [0.15, 0.2) is 0 Å². The third-order valence-corrected chi connectivity index (χ3v) is 3.31. The molecule has 0 aliphatic rings. The first-order valence-corrected chi connectivity index (χ1v) is 7.33. The Kier molecular flexibility index (Phi) is 5.49. The lowest BCUT2D eigenvalue weighted by molar-refractivity contribution is -0.385. The Bertz CT molecular complexity index is 807. The number of nitrogens with one attached hydrogen (secondary N) is 1. The van der Waals surface area contributed by atoms with Gasteiger partial charge in [-0.25, -0.2) is 4.79 Å². The number of ether oxygens (including phenoxy) is 1. The molecule has 1 amide bonds. The van der Waals surface area contributed by atoms with Gasteiger partial charge in [-0.2, -0.15) is 0 Å². The predicted molar refractivity (Wildman–Crippen MR) is 88.5 cm³/mol. The van der Waals surface area contributed by atoms with Crippen LogP contribution in [0, 0.1) is 10.1 Å². The number of hydrogen-bond acceptors (Lipinski definition) is 5. The van der Waals surface area contributed by atoms with Crippen LogP contribution in [0.1, 0.15) is 27.6 Å². The second kappa shape index (κ2) is 7.56. The normalized spacial score (nSPS) is 10.1. The summed E-state index contributed by atoms with van der Waals surface area (Å²) >= 11 is 5.81. The van der Waals surface area contributed by atoms with Crippen LogP contribution in [0.2, 0.25) is 5.02 Å². The Balaban J connectivity index is 2.36. The van der Waals surface area contributed by atoms with Crippen LogP contribution in [-0.2, 0) is 4.74 Å². The fraction of sp³-hybridized carbons (Fsp3) is 0.125. The minimum absolute atomic E-state index is 0.150. The van der Waals surface area contributed by atoms with Gasteiger partial charge in [-0.15, -0.1) is 0 Å². The fourth-order valence-corrected chi connectivity index (χ4v) is 2.19. The summed E-state index contributed by atoms with van der Waals surface area (Å²) in [5, 5.41) is 13.7. The van der Waals surface area contributed by atoms with Gasteiger partial charge in [0.05, 0.1) is 22.8 Å². The molecule has 0 aliphatic heterocycles. The van der Waals surface area contributed by atoms with Crippen molar-refractivity contribution in [2.45, 2.75) is 6.92 Å². The standard InChI is InChI=1S/C16H13ClN2O5/c1-2-24-16(21)11-5-3-4-6-13(11)18-15(20)12-9-10(17)7-8-14(12)19(22)23/h3-9H,2H2,1H3,(H,18,20). The molecule has 0 atom stereocenters. The molecule has 0 radical (unpaired) electrons. The molecule has 0 fully saturated rings. The maximum Gasteiger partial charge on any atom is 0.340 e. The monoisotopic (exact) mass is 348 g/mol. The van der Waals surface area contributed by atoms with Gasteiger partial charge < -0.3 is 10.1 Å². The number of nitrogens with zero attached hydrogens (tertiary/aromatic N) is 1. The lowest BCUT2D eigenvalue weighted by atomic mass is 10.1. The van der Waals surface area contributed by atoms with Gasteiger partial charge in [0.25, 0.3) is 11.6 Å². The Labute approximate surface area is 142 Å². The van der Waals surface area contributed by atoms with Gasteiger partial charge in [0, 0.05) is 11.1 Å².